The van der Waals surface area contributed by atoms with Crippen LogP contribution >= 0.6 is 0 Å². The Balaban J connectivity index is 1.70. The van der Waals surface area contributed by atoms with Gasteiger partial charge in [-0.1, -0.05) is 49.4 Å². The molecule has 0 bridgehead atoms. The molecule has 5 rings (SSSR count). The first-order valence-corrected chi connectivity index (χ1v) is 9.26. The number of hydrogen-bond donors (Lipinski definition) is 0. The summed E-state index contributed by atoms with van der Waals surface area (Å²) >= 11 is 0. The fraction of sp³-hybridized carbons (Fsp3) is 0.304. The number of hydrogen-bond acceptors (Lipinski definition) is 2. The zero-order chi connectivity index (χ0) is 16.9. The average molecular weight is 326 g/mol. The lowest BCUT2D eigenvalue weighted by Crippen LogP contribution is -2.33. The molecule has 1 aliphatic carbocycles. The first-order valence-electron chi connectivity index (χ1n) is 9.26. The summed E-state index contributed by atoms with van der Waals surface area (Å²) < 4.78 is 0. The van der Waals surface area contributed by atoms with E-state index in [1.54, 1.807) is 0 Å². The molecule has 1 aliphatic heterocycles. The zero-order valence-corrected chi connectivity index (χ0v) is 14.6. The molecule has 0 N–H and O–H groups in total. The van der Waals surface area contributed by atoms with Crippen LogP contribution < -0.4 is 0 Å². The van der Waals surface area contributed by atoms with Gasteiger partial charge in [0.15, 0.2) is 0 Å². The van der Waals surface area contributed by atoms with Crippen LogP contribution in [0.5, 0.6) is 0 Å². The third-order valence-corrected chi connectivity index (χ3v) is 5.84. The minimum Gasteiger partial charge on any atom is -0.277 e. The van der Waals surface area contributed by atoms with Crippen molar-refractivity contribution in [2.75, 3.05) is 0 Å². The van der Waals surface area contributed by atoms with Crippen molar-refractivity contribution >= 4 is 16.6 Å². The molecule has 3 aromatic rings. The highest BCUT2D eigenvalue weighted by molar-refractivity contribution is 6.15. The second kappa shape index (κ2) is 5.52. The molecule has 2 atom stereocenters. The second-order valence-corrected chi connectivity index (χ2v) is 7.78. The molecule has 1 fully saturated rings. The predicted molar refractivity (Wildman–Crippen MR) is 103 cm³/mol. The number of rotatable bonds is 1. The van der Waals surface area contributed by atoms with Crippen molar-refractivity contribution in [2.24, 2.45) is 10.9 Å². The third kappa shape index (κ3) is 2.48. The molecular formula is C23H22N2. The topological polar surface area (TPSA) is 25.2 Å². The van der Waals surface area contributed by atoms with Crippen molar-refractivity contribution in [1.29, 1.82) is 0 Å². The van der Waals surface area contributed by atoms with E-state index in [0.29, 0.717) is 0 Å². The van der Waals surface area contributed by atoms with Gasteiger partial charge in [0.2, 0.25) is 0 Å². The van der Waals surface area contributed by atoms with E-state index >= 15 is 0 Å². The molecule has 1 spiro atoms. The summed E-state index contributed by atoms with van der Waals surface area (Å²) in [6.45, 7) is 2.36. The number of aliphatic imine (C=N–C) groups is 1. The lowest BCUT2D eigenvalue weighted by molar-refractivity contribution is 0.418. The molecule has 124 valence electrons. The molecular weight excluding hydrogens is 304 g/mol. The van der Waals surface area contributed by atoms with Crippen LogP contribution in [0.25, 0.3) is 10.9 Å². The summed E-state index contributed by atoms with van der Waals surface area (Å²) in [5, 5.41) is 1.18. The zero-order valence-electron chi connectivity index (χ0n) is 14.6. The van der Waals surface area contributed by atoms with Gasteiger partial charge >= 0.3 is 0 Å². The van der Waals surface area contributed by atoms with Gasteiger partial charge in [-0.2, -0.15) is 0 Å². The molecule has 2 heteroatoms. The highest BCUT2D eigenvalue weighted by Gasteiger charge is 2.40. The van der Waals surface area contributed by atoms with Gasteiger partial charge in [-0.25, -0.2) is 0 Å². The van der Waals surface area contributed by atoms with Crippen LogP contribution in [-0.4, -0.2) is 16.2 Å². The fourth-order valence-corrected chi connectivity index (χ4v) is 4.65. The maximum atomic E-state index is 5.36. The van der Waals surface area contributed by atoms with Gasteiger partial charge in [0.1, 0.15) is 0 Å². The van der Waals surface area contributed by atoms with E-state index < -0.39 is 0 Å². The largest absolute Gasteiger partial charge is 0.277 e. The van der Waals surface area contributed by atoms with Gasteiger partial charge in [-0.3, -0.25) is 9.98 Å². The Kier molecular flexibility index (Phi) is 3.27. The van der Waals surface area contributed by atoms with Crippen molar-refractivity contribution in [2.45, 2.75) is 38.1 Å². The number of aromatic nitrogens is 1. The van der Waals surface area contributed by atoms with Crippen LogP contribution in [0.15, 0.2) is 65.8 Å². The second-order valence-electron chi connectivity index (χ2n) is 7.78. The van der Waals surface area contributed by atoms with Gasteiger partial charge in [0.25, 0.3) is 0 Å². The smallest absolute Gasteiger partial charge is 0.0744 e. The van der Waals surface area contributed by atoms with E-state index in [-0.39, 0.29) is 5.54 Å². The van der Waals surface area contributed by atoms with Crippen LogP contribution in [0, 0.1) is 5.92 Å². The summed E-state index contributed by atoms with van der Waals surface area (Å²) in [5.41, 5.74) is 6.13. The summed E-state index contributed by atoms with van der Waals surface area (Å²) in [6, 6.07) is 19.3. The first-order chi connectivity index (χ1) is 12.2. The van der Waals surface area contributed by atoms with E-state index in [1.807, 2.05) is 12.3 Å². The van der Waals surface area contributed by atoms with E-state index in [2.05, 4.69) is 60.4 Å². The molecule has 25 heavy (non-hydrogen) atoms. The fourth-order valence-electron chi connectivity index (χ4n) is 4.65. The number of benzene rings is 2. The summed E-state index contributed by atoms with van der Waals surface area (Å²) in [7, 11) is 0. The minimum atomic E-state index is 0.0920. The molecule has 2 nitrogen and oxygen atoms in total. The molecule has 2 aromatic carbocycles. The third-order valence-electron chi connectivity index (χ3n) is 5.84. The summed E-state index contributed by atoms with van der Waals surface area (Å²) in [6.07, 6.45) is 6.77. The van der Waals surface area contributed by atoms with E-state index in [1.165, 1.54) is 35.8 Å². The Bertz CT molecular complexity index is 988. The number of nitrogens with zero attached hydrogens (tertiary/aromatic N) is 2. The SMILES string of the molecule is CC1CCC2(Cc3ccccc3C(c3cnc4ccccc4c3)=N2)C1. The lowest BCUT2D eigenvalue weighted by Gasteiger charge is -2.32. The highest BCUT2D eigenvalue weighted by atomic mass is 14.9. The van der Waals surface area contributed by atoms with Gasteiger partial charge in [0.05, 0.1) is 16.8 Å². The molecule has 1 aromatic heterocycles. The number of fused-ring (bicyclic) bond motifs is 2. The van der Waals surface area contributed by atoms with E-state index in [4.69, 9.17) is 4.99 Å². The van der Waals surface area contributed by atoms with Crippen LogP contribution in [0.1, 0.15) is 42.9 Å². The van der Waals surface area contributed by atoms with Crippen molar-refractivity contribution in [1.82, 2.24) is 4.98 Å². The predicted octanol–water partition coefficient (Wildman–Crippen LogP) is 5.19. The van der Waals surface area contributed by atoms with Crippen LogP contribution in [0.4, 0.5) is 0 Å². The average Bonchev–Trinajstić information content (AvgIpc) is 3.00. The van der Waals surface area contributed by atoms with Gasteiger partial charge < -0.3 is 0 Å². The Morgan fingerprint density at radius 2 is 1.88 bits per heavy atom. The van der Waals surface area contributed by atoms with Crippen molar-refractivity contribution < 1.29 is 0 Å². The maximum absolute atomic E-state index is 5.36. The Morgan fingerprint density at radius 1 is 1.04 bits per heavy atom. The summed E-state index contributed by atoms with van der Waals surface area (Å²) in [5.74, 6) is 0.769. The maximum Gasteiger partial charge on any atom is 0.0744 e. The minimum absolute atomic E-state index is 0.0920. The molecule has 1 saturated carbocycles. The Hall–Kier alpha value is -2.48. The molecule has 0 amide bonds. The number of pyridine rings is 1. The Morgan fingerprint density at radius 3 is 2.76 bits per heavy atom. The quantitative estimate of drug-likeness (QED) is 0.604. The molecule has 0 radical (unpaired) electrons. The standard InChI is InChI=1S/C23H22N2/c1-16-10-11-23(13-16)14-18-7-2-4-8-20(18)22(25-23)19-12-17-6-3-5-9-21(17)24-15-19/h2-9,12,15-16H,10-11,13-14H2,1H3. The monoisotopic (exact) mass is 326 g/mol. The first kappa shape index (κ1) is 14.8. The van der Waals surface area contributed by atoms with Gasteiger partial charge in [-0.05, 0) is 49.3 Å². The van der Waals surface area contributed by atoms with Crippen LogP contribution in [0.3, 0.4) is 0 Å². The highest BCUT2D eigenvalue weighted by Crippen LogP contribution is 2.43. The molecule has 2 heterocycles. The van der Waals surface area contributed by atoms with E-state index in [0.717, 1.165) is 29.1 Å². The van der Waals surface area contributed by atoms with Crippen LogP contribution in [-0.2, 0) is 6.42 Å². The normalized spacial score (nSPS) is 25.2. The van der Waals surface area contributed by atoms with Crippen LogP contribution in [0.2, 0.25) is 0 Å². The molecule has 2 unspecified atom stereocenters. The van der Waals surface area contributed by atoms with Crippen molar-refractivity contribution in [3.05, 3.63) is 77.5 Å². The lowest BCUT2D eigenvalue weighted by atomic mass is 9.81. The van der Waals surface area contributed by atoms with E-state index in [9.17, 15) is 0 Å². The van der Waals surface area contributed by atoms with Gasteiger partial charge in [0, 0.05) is 22.7 Å². The molecule has 0 saturated heterocycles. The van der Waals surface area contributed by atoms with Crippen molar-refractivity contribution in [3.63, 3.8) is 0 Å². The number of para-hydroxylation sites is 1. The summed E-state index contributed by atoms with van der Waals surface area (Å²) in [4.78, 5) is 10.0. The Labute approximate surface area is 148 Å². The van der Waals surface area contributed by atoms with Gasteiger partial charge in [-0.15, -0.1) is 0 Å². The van der Waals surface area contributed by atoms with Crippen molar-refractivity contribution in [3.8, 4) is 0 Å². The molecule has 2 aliphatic rings.